The maximum absolute atomic E-state index is 12.3. The number of methoxy groups -OCH3 is 1. The molecule has 0 spiro atoms. The summed E-state index contributed by atoms with van der Waals surface area (Å²) in [6, 6.07) is 14.7. The van der Waals surface area contributed by atoms with Crippen LogP contribution < -0.4 is 20.1 Å². The van der Waals surface area contributed by atoms with Gasteiger partial charge in [0.1, 0.15) is 22.2 Å². The first-order chi connectivity index (χ1) is 13.9. The van der Waals surface area contributed by atoms with Gasteiger partial charge in [-0.25, -0.2) is 4.98 Å². The Hall–Kier alpha value is -3.39. The third-order valence-electron chi connectivity index (χ3n) is 3.92. The number of amides is 2. The number of thiazole rings is 1. The van der Waals surface area contributed by atoms with E-state index in [1.165, 1.54) is 18.3 Å². The molecule has 0 unspecified atom stereocenters. The first-order valence-corrected chi connectivity index (χ1v) is 9.68. The number of ether oxygens (including phenoxy) is 2. The topological polar surface area (TPSA) is 89.6 Å². The fourth-order valence-electron chi connectivity index (χ4n) is 2.50. The van der Waals surface area contributed by atoms with E-state index in [0.29, 0.717) is 27.3 Å². The third kappa shape index (κ3) is 5.55. The van der Waals surface area contributed by atoms with Crippen LogP contribution in [0.4, 0.5) is 10.1 Å². The van der Waals surface area contributed by atoms with Gasteiger partial charge < -0.3 is 14.8 Å². The second kappa shape index (κ2) is 9.20. The smallest absolute Gasteiger partial charge is 0.264 e. The van der Waals surface area contributed by atoms with Crippen molar-refractivity contribution in [2.75, 3.05) is 24.4 Å². The lowest BCUT2D eigenvalue weighted by Gasteiger charge is -2.06. The van der Waals surface area contributed by atoms with Crippen LogP contribution in [0.25, 0.3) is 11.3 Å². The predicted molar refractivity (Wildman–Crippen MR) is 114 cm³/mol. The van der Waals surface area contributed by atoms with Crippen molar-refractivity contribution < 1.29 is 19.1 Å². The number of aryl methyl sites for hydroxylation is 1. The zero-order valence-electron chi connectivity index (χ0n) is 16.3. The third-order valence-corrected chi connectivity index (χ3v) is 4.80. The van der Waals surface area contributed by atoms with Crippen LogP contribution in [0.2, 0.25) is 0 Å². The van der Waals surface area contributed by atoms with E-state index in [2.05, 4.69) is 15.6 Å². The number of nitrogens with zero attached hydrogens (tertiary/aromatic N) is 1. The molecule has 0 saturated heterocycles. The lowest BCUT2D eigenvalue weighted by atomic mass is 10.1. The summed E-state index contributed by atoms with van der Waals surface area (Å²) in [7, 11) is 1.58. The second-order valence-electron chi connectivity index (χ2n) is 6.26. The van der Waals surface area contributed by atoms with Crippen molar-refractivity contribution in [3.63, 3.8) is 0 Å². The summed E-state index contributed by atoms with van der Waals surface area (Å²) < 4.78 is 10.6. The Kier molecular flexibility index (Phi) is 6.46. The van der Waals surface area contributed by atoms with E-state index in [-0.39, 0.29) is 18.4 Å². The van der Waals surface area contributed by atoms with Gasteiger partial charge in [-0.15, -0.1) is 0 Å². The number of rotatable bonds is 7. The number of anilines is 2. The highest BCUT2D eigenvalue weighted by atomic mass is 32.1. The summed E-state index contributed by atoms with van der Waals surface area (Å²) in [5, 5.41) is 6.45. The van der Waals surface area contributed by atoms with Crippen LogP contribution in [-0.2, 0) is 9.59 Å². The summed E-state index contributed by atoms with van der Waals surface area (Å²) in [5.74, 6) is 0.709. The van der Waals surface area contributed by atoms with Gasteiger partial charge in [0, 0.05) is 12.5 Å². The highest BCUT2D eigenvalue weighted by Gasteiger charge is 2.16. The molecule has 0 aliphatic carbocycles. The molecule has 0 saturated carbocycles. The Labute approximate surface area is 172 Å². The van der Waals surface area contributed by atoms with Crippen LogP contribution >= 0.6 is 11.3 Å². The molecule has 2 amide bonds. The van der Waals surface area contributed by atoms with E-state index < -0.39 is 0 Å². The van der Waals surface area contributed by atoms with Gasteiger partial charge in [-0.3, -0.25) is 14.9 Å². The molecule has 8 heteroatoms. The summed E-state index contributed by atoms with van der Waals surface area (Å²) in [6.07, 6.45) is 0. The Bertz CT molecular complexity index is 998. The fourth-order valence-corrected chi connectivity index (χ4v) is 3.45. The van der Waals surface area contributed by atoms with Crippen LogP contribution in [0.15, 0.2) is 48.5 Å². The van der Waals surface area contributed by atoms with Crippen molar-refractivity contribution in [1.82, 2.24) is 4.98 Å². The summed E-state index contributed by atoms with van der Waals surface area (Å²) in [4.78, 5) is 28.3. The molecular weight excluding hydrogens is 390 g/mol. The molecule has 0 aliphatic heterocycles. The summed E-state index contributed by atoms with van der Waals surface area (Å²) in [5.41, 5.74) is 2.58. The molecule has 1 heterocycles. The number of carbonyl (C=O) groups excluding carboxylic acids is 2. The van der Waals surface area contributed by atoms with Gasteiger partial charge >= 0.3 is 0 Å². The Morgan fingerprint density at radius 1 is 1.00 bits per heavy atom. The molecule has 0 atom stereocenters. The van der Waals surface area contributed by atoms with E-state index in [0.717, 1.165) is 11.1 Å². The van der Waals surface area contributed by atoms with Gasteiger partial charge in [0.25, 0.3) is 5.91 Å². The van der Waals surface area contributed by atoms with Crippen LogP contribution in [-0.4, -0.2) is 30.5 Å². The maximum atomic E-state index is 12.3. The fraction of sp³-hybridized carbons (Fsp3) is 0.190. The van der Waals surface area contributed by atoms with E-state index in [1.807, 2.05) is 31.2 Å². The molecule has 0 radical (unpaired) electrons. The normalized spacial score (nSPS) is 10.3. The maximum Gasteiger partial charge on any atom is 0.264 e. The van der Waals surface area contributed by atoms with E-state index >= 15 is 0 Å². The van der Waals surface area contributed by atoms with Crippen LogP contribution in [0.3, 0.4) is 0 Å². The molecule has 3 rings (SSSR count). The molecule has 2 N–H and O–H groups in total. The zero-order valence-corrected chi connectivity index (χ0v) is 17.1. The van der Waals surface area contributed by atoms with Gasteiger partial charge in [-0.2, -0.15) is 0 Å². The van der Waals surface area contributed by atoms with Crippen LogP contribution in [0.5, 0.6) is 11.5 Å². The van der Waals surface area contributed by atoms with Crippen molar-refractivity contribution in [3.8, 4) is 22.8 Å². The monoisotopic (exact) mass is 411 g/mol. The number of benzene rings is 2. The lowest BCUT2D eigenvalue weighted by molar-refractivity contribution is -0.118. The zero-order chi connectivity index (χ0) is 20.8. The quantitative estimate of drug-likeness (QED) is 0.611. The SMILES string of the molecule is COc1ccc(OCC(=O)Nc2nc(-c3ccc(C)cc3)c(NC(C)=O)s2)cc1. The lowest BCUT2D eigenvalue weighted by Crippen LogP contribution is -2.20. The van der Waals surface area contributed by atoms with Crippen LogP contribution in [0, 0.1) is 6.92 Å². The standard InChI is InChI=1S/C21H21N3O4S/c1-13-4-6-15(7-5-13)19-20(22-14(2)25)29-21(24-19)23-18(26)12-28-17-10-8-16(27-3)9-11-17/h4-11H,12H2,1-3H3,(H,22,25)(H,23,24,26). The number of carbonyl (C=O) groups is 2. The molecule has 0 aliphatic rings. The summed E-state index contributed by atoms with van der Waals surface area (Å²) >= 11 is 1.19. The second-order valence-corrected chi connectivity index (χ2v) is 7.26. The minimum atomic E-state index is -0.348. The average Bonchev–Trinajstić information content (AvgIpc) is 3.08. The Morgan fingerprint density at radius 3 is 2.28 bits per heavy atom. The van der Waals surface area contributed by atoms with Crippen molar-refractivity contribution in [2.24, 2.45) is 0 Å². The van der Waals surface area contributed by atoms with E-state index in [1.54, 1.807) is 31.4 Å². The molecule has 150 valence electrons. The highest BCUT2D eigenvalue weighted by Crippen LogP contribution is 2.36. The van der Waals surface area contributed by atoms with Crippen molar-refractivity contribution in [2.45, 2.75) is 13.8 Å². The number of nitrogens with one attached hydrogen (secondary N) is 2. The number of hydrogen-bond donors (Lipinski definition) is 2. The molecular formula is C21H21N3O4S. The Balaban J connectivity index is 1.69. The molecule has 7 nitrogen and oxygen atoms in total. The highest BCUT2D eigenvalue weighted by molar-refractivity contribution is 7.20. The van der Waals surface area contributed by atoms with Crippen molar-refractivity contribution >= 4 is 33.3 Å². The number of hydrogen-bond acceptors (Lipinski definition) is 6. The minimum Gasteiger partial charge on any atom is -0.497 e. The minimum absolute atomic E-state index is 0.165. The van der Waals surface area contributed by atoms with Gasteiger partial charge in [-0.1, -0.05) is 41.2 Å². The molecule has 0 bridgehead atoms. The molecule has 29 heavy (non-hydrogen) atoms. The van der Waals surface area contributed by atoms with Gasteiger partial charge in [0.05, 0.1) is 7.11 Å². The first-order valence-electron chi connectivity index (χ1n) is 8.87. The van der Waals surface area contributed by atoms with Gasteiger partial charge in [0.15, 0.2) is 11.7 Å². The largest absolute Gasteiger partial charge is 0.497 e. The Morgan fingerprint density at radius 2 is 1.66 bits per heavy atom. The van der Waals surface area contributed by atoms with E-state index in [4.69, 9.17) is 9.47 Å². The molecule has 0 fully saturated rings. The molecule has 3 aromatic rings. The van der Waals surface area contributed by atoms with Gasteiger partial charge in [-0.05, 0) is 31.2 Å². The van der Waals surface area contributed by atoms with E-state index in [9.17, 15) is 9.59 Å². The van der Waals surface area contributed by atoms with Gasteiger partial charge in [0.2, 0.25) is 5.91 Å². The first kappa shape index (κ1) is 20.3. The summed E-state index contributed by atoms with van der Waals surface area (Å²) in [6.45, 7) is 3.26. The average molecular weight is 411 g/mol. The van der Waals surface area contributed by atoms with Crippen molar-refractivity contribution in [1.29, 1.82) is 0 Å². The molecule has 2 aromatic carbocycles. The number of aromatic nitrogens is 1. The molecule has 1 aromatic heterocycles. The van der Waals surface area contributed by atoms with Crippen molar-refractivity contribution in [3.05, 3.63) is 54.1 Å². The van der Waals surface area contributed by atoms with Crippen LogP contribution in [0.1, 0.15) is 12.5 Å². The predicted octanol–water partition coefficient (Wildman–Crippen LogP) is 4.10.